The summed E-state index contributed by atoms with van der Waals surface area (Å²) in [5, 5.41) is 17.6. The molecule has 2 saturated heterocycles. The van der Waals surface area contributed by atoms with E-state index in [0.717, 1.165) is 51.6 Å². The Morgan fingerprint density at radius 1 is 1.10 bits per heavy atom. The molecule has 178 valence electrons. The van der Waals surface area contributed by atoms with Gasteiger partial charge in [-0.05, 0) is 19.8 Å². The summed E-state index contributed by atoms with van der Waals surface area (Å²) < 4.78 is 71.3. The normalized spacial score (nSPS) is 17.5. The molecule has 0 atom stereocenters. The average Bonchev–Trinajstić information content (AvgIpc) is 2.99. The third-order valence-electron chi connectivity index (χ3n) is 4.46. The summed E-state index contributed by atoms with van der Waals surface area (Å²) in [5.74, 6) is -2.83. The third-order valence-corrected chi connectivity index (χ3v) is 4.46. The summed E-state index contributed by atoms with van der Waals surface area (Å²) >= 11 is 0. The highest BCUT2D eigenvalue weighted by molar-refractivity contribution is 5.73. The molecule has 0 saturated carbocycles. The van der Waals surface area contributed by atoms with Crippen LogP contribution in [0.2, 0.25) is 0 Å². The first-order valence-corrected chi connectivity index (χ1v) is 9.14. The number of rotatable bonds is 3. The van der Waals surface area contributed by atoms with Crippen molar-refractivity contribution in [3.05, 3.63) is 17.7 Å². The lowest BCUT2D eigenvalue weighted by molar-refractivity contribution is -0.193. The highest BCUT2D eigenvalue weighted by Gasteiger charge is 2.38. The molecule has 0 aromatic carbocycles. The molecule has 2 fully saturated rings. The van der Waals surface area contributed by atoms with Gasteiger partial charge in [-0.2, -0.15) is 26.3 Å². The molecule has 3 heterocycles. The number of aromatic nitrogens is 2. The molecule has 3 rings (SSSR count). The molecule has 8 nitrogen and oxygen atoms in total. The Balaban J connectivity index is 0.000000288. The Labute approximate surface area is 173 Å². The number of nitrogens with zero attached hydrogens (tertiary/aromatic N) is 2. The fourth-order valence-electron chi connectivity index (χ4n) is 2.73. The van der Waals surface area contributed by atoms with Gasteiger partial charge in [0.2, 0.25) is 0 Å². The molecule has 14 heteroatoms. The SMILES string of the molecule is Cc1cnc(C2CCOCC2)n1CC1CNC1.O=C(O)C(F)(F)F.O=C(O)C(F)(F)F. The molecular formula is C17H23F6N3O5. The van der Waals surface area contributed by atoms with Gasteiger partial charge in [0.15, 0.2) is 0 Å². The zero-order valence-corrected chi connectivity index (χ0v) is 16.5. The first-order valence-electron chi connectivity index (χ1n) is 9.14. The van der Waals surface area contributed by atoms with Crippen LogP contribution in [0.1, 0.15) is 30.3 Å². The van der Waals surface area contributed by atoms with Crippen LogP contribution in [-0.4, -0.2) is 70.4 Å². The van der Waals surface area contributed by atoms with E-state index in [1.165, 1.54) is 11.5 Å². The van der Waals surface area contributed by atoms with Crippen LogP contribution in [0.3, 0.4) is 0 Å². The molecule has 0 bridgehead atoms. The fraction of sp³-hybridized carbons (Fsp3) is 0.706. The first-order chi connectivity index (χ1) is 14.2. The van der Waals surface area contributed by atoms with E-state index in [9.17, 15) is 26.3 Å². The van der Waals surface area contributed by atoms with Crippen LogP contribution in [0.25, 0.3) is 0 Å². The van der Waals surface area contributed by atoms with Gasteiger partial charge in [0.1, 0.15) is 5.82 Å². The number of hydrogen-bond donors (Lipinski definition) is 3. The van der Waals surface area contributed by atoms with E-state index in [1.54, 1.807) is 0 Å². The number of nitrogens with one attached hydrogen (secondary N) is 1. The third kappa shape index (κ3) is 9.12. The number of alkyl halides is 6. The van der Waals surface area contributed by atoms with E-state index in [2.05, 4.69) is 21.8 Å². The summed E-state index contributed by atoms with van der Waals surface area (Å²) in [6.07, 6.45) is -5.89. The van der Waals surface area contributed by atoms with Gasteiger partial charge >= 0.3 is 24.3 Å². The van der Waals surface area contributed by atoms with Gasteiger partial charge in [0.25, 0.3) is 0 Å². The van der Waals surface area contributed by atoms with E-state index in [4.69, 9.17) is 24.5 Å². The van der Waals surface area contributed by atoms with Crippen molar-refractivity contribution in [1.29, 1.82) is 0 Å². The van der Waals surface area contributed by atoms with E-state index in [0.29, 0.717) is 5.92 Å². The van der Waals surface area contributed by atoms with Gasteiger partial charge in [-0.15, -0.1) is 0 Å². The molecule has 3 N–H and O–H groups in total. The zero-order valence-electron chi connectivity index (χ0n) is 16.5. The fourth-order valence-corrected chi connectivity index (χ4v) is 2.73. The Morgan fingerprint density at radius 2 is 1.55 bits per heavy atom. The molecule has 1 aromatic rings. The summed E-state index contributed by atoms with van der Waals surface area (Å²) in [6.45, 7) is 7.40. The Hall–Kier alpha value is -2.35. The van der Waals surface area contributed by atoms with E-state index in [-0.39, 0.29) is 0 Å². The van der Waals surface area contributed by atoms with Crippen molar-refractivity contribution in [2.75, 3.05) is 26.3 Å². The van der Waals surface area contributed by atoms with Crippen molar-refractivity contribution in [2.45, 2.75) is 44.6 Å². The Morgan fingerprint density at radius 3 is 1.90 bits per heavy atom. The van der Waals surface area contributed by atoms with Crippen molar-refractivity contribution in [1.82, 2.24) is 14.9 Å². The number of carboxylic acid groups (broad SMARTS) is 2. The number of hydrogen-bond acceptors (Lipinski definition) is 5. The second-order valence-electron chi connectivity index (χ2n) is 6.89. The lowest BCUT2D eigenvalue weighted by atomic mass is 9.98. The maximum absolute atomic E-state index is 10.6. The van der Waals surface area contributed by atoms with Crippen molar-refractivity contribution in [2.24, 2.45) is 5.92 Å². The van der Waals surface area contributed by atoms with Gasteiger partial charge in [-0.1, -0.05) is 0 Å². The van der Waals surface area contributed by atoms with Crippen LogP contribution < -0.4 is 5.32 Å². The smallest absolute Gasteiger partial charge is 0.475 e. The van der Waals surface area contributed by atoms with Crippen LogP contribution in [-0.2, 0) is 20.9 Å². The Bertz CT molecular complexity index is 701. The van der Waals surface area contributed by atoms with Crippen LogP contribution >= 0.6 is 0 Å². The average molecular weight is 463 g/mol. The number of imidazole rings is 1. The quantitative estimate of drug-likeness (QED) is 0.591. The minimum absolute atomic E-state index is 0.602. The maximum Gasteiger partial charge on any atom is 0.490 e. The van der Waals surface area contributed by atoms with Crippen LogP contribution in [0.4, 0.5) is 26.3 Å². The van der Waals surface area contributed by atoms with Gasteiger partial charge in [-0.3, -0.25) is 0 Å². The lowest BCUT2D eigenvalue weighted by Gasteiger charge is -2.30. The van der Waals surface area contributed by atoms with Gasteiger partial charge in [0.05, 0.1) is 0 Å². The molecule has 0 aliphatic carbocycles. The van der Waals surface area contributed by atoms with Crippen molar-refractivity contribution in [3.63, 3.8) is 0 Å². The van der Waals surface area contributed by atoms with E-state index in [1.807, 2.05) is 6.20 Å². The van der Waals surface area contributed by atoms with Crippen LogP contribution in [0, 0.1) is 12.8 Å². The summed E-state index contributed by atoms with van der Waals surface area (Å²) in [7, 11) is 0. The van der Waals surface area contributed by atoms with Gasteiger partial charge < -0.3 is 24.8 Å². The number of carboxylic acids is 2. The molecular weight excluding hydrogens is 440 g/mol. The predicted octanol–water partition coefficient (Wildman–Crippen LogP) is 2.57. The summed E-state index contributed by atoms with van der Waals surface area (Å²) in [6, 6.07) is 0. The molecule has 1 aromatic heterocycles. The summed E-state index contributed by atoms with van der Waals surface area (Å²) in [4.78, 5) is 22.4. The number of aliphatic carboxylic acids is 2. The topological polar surface area (TPSA) is 114 Å². The number of carbonyl (C=O) groups is 2. The molecule has 2 aliphatic rings. The molecule has 31 heavy (non-hydrogen) atoms. The first kappa shape index (κ1) is 26.7. The number of aryl methyl sites for hydroxylation is 1. The van der Waals surface area contributed by atoms with E-state index >= 15 is 0 Å². The largest absolute Gasteiger partial charge is 0.490 e. The molecule has 0 unspecified atom stereocenters. The number of ether oxygens (including phenoxy) is 1. The lowest BCUT2D eigenvalue weighted by Crippen LogP contribution is -2.44. The summed E-state index contributed by atoms with van der Waals surface area (Å²) in [5.41, 5.74) is 1.30. The number of halogens is 6. The Kier molecular flexibility index (Phi) is 9.74. The van der Waals surface area contributed by atoms with Crippen molar-refractivity contribution >= 4 is 11.9 Å². The molecule has 0 amide bonds. The van der Waals surface area contributed by atoms with Crippen molar-refractivity contribution < 1.29 is 50.9 Å². The van der Waals surface area contributed by atoms with E-state index < -0.39 is 24.3 Å². The minimum Gasteiger partial charge on any atom is -0.475 e. The maximum atomic E-state index is 10.6. The molecule has 0 spiro atoms. The zero-order chi connectivity index (χ0) is 23.8. The van der Waals surface area contributed by atoms with Crippen LogP contribution in [0.15, 0.2) is 6.20 Å². The van der Waals surface area contributed by atoms with Crippen LogP contribution in [0.5, 0.6) is 0 Å². The second kappa shape index (κ2) is 11.3. The highest BCUT2D eigenvalue weighted by Crippen LogP contribution is 2.27. The predicted molar refractivity (Wildman–Crippen MR) is 93.5 cm³/mol. The monoisotopic (exact) mass is 463 g/mol. The van der Waals surface area contributed by atoms with Gasteiger partial charge in [-0.25, -0.2) is 14.6 Å². The second-order valence-corrected chi connectivity index (χ2v) is 6.89. The van der Waals surface area contributed by atoms with Crippen molar-refractivity contribution in [3.8, 4) is 0 Å². The molecule has 2 aliphatic heterocycles. The van der Waals surface area contributed by atoms with Gasteiger partial charge in [0, 0.05) is 56.6 Å². The molecule has 0 radical (unpaired) electrons. The standard InChI is InChI=1S/C13H21N3O.2C2HF3O2/c1-10-6-15-13(12-2-4-17-5-3-12)16(10)9-11-7-14-8-11;2*3-2(4,5)1(6)7/h6,11-12,14H,2-5,7-9H2,1H3;2*(H,6,7). The minimum atomic E-state index is -5.08. The highest BCUT2D eigenvalue weighted by atomic mass is 19.4.